The zero-order chi connectivity index (χ0) is 19.4. The number of pyridine rings is 1. The number of hydrogen-bond acceptors (Lipinski definition) is 3. The molecule has 0 saturated carbocycles. The summed E-state index contributed by atoms with van der Waals surface area (Å²) in [6.07, 6.45) is 3.57. The highest BCUT2D eigenvalue weighted by Crippen LogP contribution is 2.17. The van der Waals surface area contributed by atoms with E-state index in [1.165, 1.54) is 16.0 Å². The van der Waals surface area contributed by atoms with Crippen LogP contribution < -0.4 is 4.90 Å². The van der Waals surface area contributed by atoms with Crippen LogP contribution in [0.4, 0.5) is 0 Å². The quantitative estimate of drug-likeness (QED) is 0.638. The second-order valence-corrected chi connectivity index (χ2v) is 7.64. The molecule has 1 aromatic carbocycles. The third kappa shape index (κ3) is 4.51. The molecule has 0 fully saturated rings. The van der Waals surface area contributed by atoms with E-state index < -0.39 is 0 Å². The summed E-state index contributed by atoms with van der Waals surface area (Å²) in [6.45, 7) is 9.00. The smallest absolute Gasteiger partial charge is 0.203 e. The van der Waals surface area contributed by atoms with Crippen molar-refractivity contribution in [1.29, 1.82) is 0 Å². The van der Waals surface area contributed by atoms with Crippen LogP contribution in [0.2, 0.25) is 0 Å². The lowest BCUT2D eigenvalue weighted by molar-refractivity contribution is -0.917. The fraction of sp³-hybridized carbons (Fsp3) is 0.381. The molecule has 0 aliphatic heterocycles. The number of quaternary nitrogens is 1. The highest BCUT2D eigenvalue weighted by molar-refractivity contribution is 7.71. The third-order valence-corrected chi connectivity index (χ3v) is 5.18. The van der Waals surface area contributed by atoms with Gasteiger partial charge in [-0.05, 0) is 42.8 Å². The van der Waals surface area contributed by atoms with Crippen LogP contribution >= 0.6 is 12.2 Å². The summed E-state index contributed by atoms with van der Waals surface area (Å²) in [5.74, 6) is 1.46. The summed E-state index contributed by atoms with van der Waals surface area (Å²) in [5, 5.41) is 4.80. The van der Waals surface area contributed by atoms with Gasteiger partial charge in [-0.15, -0.1) is 5.10 Å². The van der Waals surface area contributed by atoms with Crippen molar-refractivity contribution in [2.75, 3.05) is 7.05 Å². The first-order valence-corrected chi connectivity index (χ1v) is 9.88. The lowest BCUT2D eigenvalue weighted by atomic mass is 10.0. The van der Waals surface area contributed by atoms with E-state index in [-0.39, 0.29) is 0 Å². The van der Waals surface area contributed by atoms with Gasteiger partial charge in [-0.1, -0.05) is 38.1 Å². The van der Waals surface area contributed by atoms with Crippen LogP contribution in [0.25, 0.3) is 11.4 Å². The van der Waals surface area contributed by atoms with E-state index in [9.17, 15) is 0 Å². The van der Waals surface area contributed by atoms with E-state index >= 15 is 0 Å². The lowest BCUT2D eigenvalue weighted by Gasteiger charge is -2.14. The average Bonchev–Trinajstić information content (AvgIpc) is 2.98. The van der Waals surface area contributed by atoms with E-state index in [4.69, 9.17) is 17.3 Å². The summed E-state index contributed by atoms with van der Waals surface area (Å²) >= 11 is 5.68. The fourth-order valence-corrected chi connectivity index (χ4v) is 3.54. The average molecular weight is 383 g/mol. The molecule has 1 atom stereocenters. The molecule has 2 heterocycles. The van der Waals surface area contributed by atoms with Crippen LogP contribution in [0.5, 0.6) is 0 Å². The zero-order valence-electron chi connectivity index (χ0n) is 16.5. The molecule has 3 rings (SSSR count). The van der Waals surface area contributed by atoms with Gasteiger partial charge in [-0.25, -0.2) is 0 Å². The molecular weight excluding hydrogens is 354 g/mol. The van der Waals surface area contributed by atoms with E-state index in [0.29, 0.717) is 5.92 Å². The molecular formula is C21H28N5S+. The minimum Gasteiger partial charge on any atom is -0.315 e. The lowest BCUT2D eigenvalue weighted by Crippen LogP contribution is -3.07. The Hall–Kier alpha value is -2.31. The Kier molecular flexibility index (Phi) is 6.19. The summed E-state index contributed by atoms with van der Waals surface area (Å²) in [5.41, 5.74) is 3.74. The maximum Gasteiger partial charge on any atom is 0.203 e. The third-order valence-electron chi connectivity index (χ3n) is 4.75. The second-order valence-electron chi connectivity index (χ2n) is 7.27. The summed E-state index contributed by atoms with van der Waals surface area (Å²) in [6, 6.07) is 12.9. The van der Waals surface area contributed by atoms with Crippen molar-refractivity contribution >= 4 is 12.2 Å². The van der Waals surface area contributed by atoms with Gasteiger partial charge in [0.05, 0.1) is 7.05 Å². The van der Waals surface area contributed by atoms with Crippen molar-refractivity contribution < 1.29 is 4.90 Å². The van der Waals surface area contributed by atoms with Crippen molar-refractivity contribution in [3.63, 3.8) is 0 Å². The van der Waals surface area contributed by atoms with Crippen LogP contribution in [0.1, 0.15) is 37.8 Å². The van der Waals surface area contributed by atoms with Crippen molar-refractivity contribution in [3.8, 4) is 11.4 Å². The molecule has 27 heavy (non-hydrogen) atoms. The highest BCUT2D eigenvalue weighted by Gasteiger charge is 2.14. The van der Waals surface area contributed by atoms with Crippen LogP contribution in [0.15, 0.2) is 48.8 Å². The molecule has 0 radical (unpaired) electrons. The largest absolute Gasteiger partial charge is 0.315 e. The Morgan fingerprint density at radius 3 is 2.33 bits per heavy atom. The predicted octanol–water partition coefficient (Wildman–Crippen LogP) is 3.29. The summed E-state index contributed by atoms with van der Waals surface area (Å²) in [7, 11) is 2.18. The van der Waals surface area contributed by atoms with E-state index in [1.54, 1.807) is 12.4 Å². The number of hydrogen-bond donors (Lipinski definition) is 1. The first-order chi connectivity index (χ1) is 13.0. The van der Waals surface area contributed by atoms with E-state index in [1.807, 2.05) is 16.8 Å². The molecule has 1 N–H and O–H groups in total. The van der Waals surface area contributed by atoms with Crippen molar-refractivity contribution in [3.05, 3.63) is 64.7 Å². The molecule has 0 spiro atoms. The SMILES string of the molecule is CCn1c(-c2ccncc2)nn(C[NH+](C)Cc2ccc(C(C)C)cc2)c1=S. The fourth-order valence-electron chi connectivity index (χ4n) is 3.22. The Labute approximate surface area is 166 Å². The predicted molar refractivity (Wildman–Crippen MR) is 111 cm³/mol. The summed E-state index contributed by atoms with van der Waals surface area (Å²) in [4.78, 5) is 5.43. The van der Waals surface area contributed by atoms with Crippen molar-refractivity contribution in [2.45, 2.75) is 46.4 Å². The van der Waals surface area contributed by atoms with Crippen LogP contribution in [0, 0.1) is 4.77 Å². The molecule has 0 bridgehead atoms. The first kappa shape index (κ1) is 19.5. The Morgan fingerprint density at radius 1 is 1.07 bits per heavy atom. The Bertz CT molecular complexity index is 925. The standard InChI is InChI=1S/C21H27N5S/c1-5-25-20(19-10-12-22-13-11-19)23-26(21(25)27)15-24(4)14-17-6-8-18(9-7-17)16(2)3/h6-13,16H,5,14-15H2,1-4H3/p+1. The van der Waals surface area contributed by atoms with Crippen molar-refractivity contribution in [2.24, 2.45) is 0 Å². The van der Waals surface area contributed by atoms with Crippen LogP contribution in [0.3, 0.4) is 0 Å². The minimum atomic E-state index is 0.562. The van der Waals surface area contributed by atoms with E-state index in [2.05, 4.69) is 61.6 Å². The molecule has 5 nitrogen and oxygen atoms in total. The molecule has 0 saturated heterocycles. The number of rotatable bonds is 7. The maximum atomic E-state index is 5.68. The van der Waals surface area contributed by atoms with Crippen LogP contribution in [-0.4, -0.2) is 26.4 Å². The molecule has 1 unspecified atom stereocenters. The Morgan fingerprint density at radius 2 is 1.74 bits per heavy atom. The second kappa shape index (κ2) is 8.59. The topological polar surface area (TPSA) is 40.1 Å². The van der Waals surface area contributed by atoms with Gasteiger partial charge in [-0.3, -0.25) is 4.98 Å². The Balaban J connectivity index is 1.77. The van der Waals surface area contributed by atoms with Crippen molar-refractivity contribution in [1.82, 2.24) is 19.3 Å². The number of benzene rings is 1. The maximum absolute atomic E-state index is 5.68. The first-order valence-electron chi connectivity index (χ1n) is 9.47. The normalized spacial score (nSPS) is 12.5. The van der Waals surface area contributed by atoms with Gasteiger partial charge in [0, 0.05) is 30.1 Å². The number of aromatic nitrogens is 4. The van der Waals surface area contributed by atoms with E-state index in [0.717, 1.165) is 35.9 Å². The van der Waals surface area contributed by atoms with Crippen LogP contribution in [-0.2, 0) is 19.8 Å². The molecule has 3 aromatic rings. The number of nitrogens with one attached hydrogen (secondary N) is 1. The molecule has 0 amide bonds. The van der Waals surface area contributed by atoms with Gasteiger partial charge in [0.2, 0.25) is 4.77 Å². The zero-order valence-corrected chi connectivity index (χ0v) is 17.3. The monoisotopic (exact) mass is 382 g/mol. The molecule has 142 valence electrons. The molecule has 2 aromatic heterocycles. The summed E-state index contributed by atoms with van der Waals surface area (Å²) < 4.78 is 4.78. The minimum absolute atomic E-state index is 0.562. The molecule has 0 aliphatic rings. The van der Waals surface area contributed by atoms with Gasteiger partial charge >= 0.3 is 0 Å². The highest BCUT2D eigenvalue weighted by atomic mass is 32.1. The van der Waals surface area contributed by atoms with Gasteiger partial charge in [0.15, 0.2) is 12.5 Å². The number of nitrogens with zero attached hydrogens (tertiary/aromatic N) is 4. The van der Waals surface area contributed by atoms with Gasteiger partial charge in [0.1, 0.15) is 6.54 Å². The van der Waals surface area contributed by atoms with Gasteiger partial charge in [0.25, 0.3) is 0 Å². The molecule has 0 aliphatic carbocycles. The molecule has 6 heteroatoms. The van der Waals surface area contributed by atoms with Gasteiger partial charge in [-0.2, -0.15) is 4.68 Å². The van der Waals surface area contributed by atoms with Gasteiger partial charge < -0.3 is 9.47 Å².